The molecule has 3 N–H and O–H groups in total. The van der Waals surface area contributed by atoms with Gasteiger partial charge in [-0.25, -0.2) is 4.39 Å². The molecule has 8 heteroatoms. The number of nitrogens with two attached hydrogens (primary N) is 1. The molecule has 0 radical (unpaired) electrons. The number of nitrogen functional groups attached to an aromatic ring is 1. The zero-order chi connectivity index (χ0) is 21.8. The Morgan fingerprint density at radius 1 is 1.23 bits per heavy atom. The van der Waals surface area contributed by atoms with Crippen LogP contribution in [0.3, 0.4) is 0 Å². The highest BCUT2D eigenvalue weighted by atomic mass is 19.1. The summed E-state index contributed by atoms with van der Waals surface area (Å²) >= 11 is 0. The number of rotatable bonds is 4. The molecule has 7 nitrogen and oxygen atoms in total. The van der Waals surface area contributed by atoms with Crippen molar-refractivity contribution in [3.05, 3.63) is 29.1 Å². The Kier molecular flexibility index (Phi) is 6.95. The van der Waals surface area contributed by atoms with Gasteiger partial charge in [0.1, 0.15) is 5.82 Å². The van der Waals surface area contributed by atoms with Crippen LogP contribution in [-0.2, 0) is 9.59 Å². The maximum atomic E-state index is 14.2. The lowest BCUT2D eigenvalue weighted by atomic mass is 9.95. The van der Waals surface area contributed by atoms with Crippen LogP contribution in [0.5, 0.6) is 0 Å². The van der Waals surface area contributed by atoms with Gasteiger partial charge in [0.2, 0.25) is 11.8 Å². The fourth-order valence-electron chi connectivity index (χ4n) is 4.27. The second-order valence-corrected chi connectivity index (χ2v) is 8.31. The quantitative estimate of drug-likeness (QED) is 0.732. The maximum Gasteiger partial charge on any atom is 0.254 e. The van der Waals surface area contributed by atoms with E-state index in [2.05, 4.69) is 5.32 Å². The molecule has 2 saturated heterocycles. The SMILES string of the molecule is CCN1CC(C(=O)N2CCCCC(NC(=O)c3cc(C)c(N)cc3F)C2)CCC1=O. The molecular formula is C22H31FN4O3. The number of piperidine rings is 1. The van der Waals surface area contributed by atoms with E-state index in [4.69, 9.17) is 5.73 Å². The van der Waals surface area contributed by atoms with Gasteiger partial charge in [0.05, 0.1) is 11.5 Å². The van der Waals surface area contributed by atoms with Gasteiger partial charge in [-0.2, -0.15) is 0 Å². The largest absolute Gasteiger partial charge is 0.398 e. The first kappa shape index (κ1) is 22.1. The van der Waals surface area contributed by atoms with Crippen molar-refractivity contribution in [2.24, 2.45) is 5.92 Å². The maximum absolute atomic E-state index is 14.2. The van der Waals surface area contributed by atoms with Gasteiger partial charge in [-0.1, -0.05) is 0 Å². The fraction of sp³-hybridized carbons (Fsp3) is 0.591. The fourth-order valence-corrected chi connectivity index (χ4v) is 4.27. The predicted octanol–water partition coefficient (Wildman–Crippen LogP) is 2.09. The summed E-state index contributed by atoms with van der Waals surface area (Å²) in [5, 5.41) is 2.90. The van der Waals surface area contributed by atoms with Crippen LogP contribution in [0.4, 0.5) is 10.1 Å². The molecule has 0 saturated carbocycles. The van der Waals surface area contributed by atoms with Crippen LogP contribution >= 0.6 is 0 Å². The molecular weight excluding hydrogens is 387 g/mol. The highest BCUT2D eigenvalue weighted by Crippen LogP contribution is 2.22. The third-order valence-electron chi connectivity index (χ3n) is 6.15. The molecule has 2 unspecified atom stereocenters. The summed E-state index contributed by atoms with van der Waals surface area (Å²) in [5.41, 5.74) is 6.62. The molecule has 1 aromatic rings. The summed E-state index contributed by atoms with van der Waals surface area (Å²) in [5.74, 6) is -1.20. The van der Waals surface area contributed by atoms with E-state index in [1.165, 1.54) is 6.07 Å². The van der Waals surface area contributed by atoms with Gasteiger partial charge in [0.15, 0.2) is 0 Å². The third-order valence-corrected chi connectivity index (χ3v) is 6.15. The first-order valence-corrected chi connectivity index (χ1v) is 10.7. The minimum absolute atomic E-state index is 0.0341. The monoisotopic (exact) mass is 418 g/mol. The topological polar surface area (TPSA) is 95.7 Å². The van der Waals surface area contributed by atoms with Crippen molar-refractivity contribution < 1.29 is 18.8 Å². The van der Waals surface area contributed by atoms with Crippen molar-refractivity contribution in [2.45, 2.75) is 52.0 Å². The van der Waals surface area contributed by atoms with Crippen LogP contribution < -0.4 is 11.1 Å². The average molecular weight is 419 g/mol. The number of halogens is 1. The number of nitrogens with zero attached hydrogens (tertiary/aromatic N) is 2. The number of anilines is 1. The van der Waals surface area contributed by atoms with Crippen LogP contribution in [-0.4, -0.2) is 59.7 Å². The first-order chi connectivity index (χ1) is 14.3. The van der Waals surface area contributed by atoms with E-state index in [0.717, 1.165) is 25.3 Å². The van der Waals surface area contributed by atoms with Crippen LogP contribution in [0.15, 0.2) is 12.1 Å². The lowest BCUT2D eigenvalue weighted by Gasteiger charge is -2.35. The van der Waals surface area contributed by atoms with Crippen molar-refractivity contribution >= 4 is 23.4 Å². The molecule has 0 aromatic heterocycles. The number of carbonyl (C=O) groups is 3. The first-order valence-electron chi connectivity index (χ1n) is 10.7. The molecule has 3 rings (SSSR count). The second kappa shape index (κ2) is 9.45. The van der Waals surface area contributed by atoms with E-state index in [1.807, 2.05) is 6.92 Å². The molecule has 2 aliphatic rings. The molecule has 0 spiro atoms. The summed E-state index contributed by atoms with van der Waals surface area (Å²) in [6, 6.07) is 2.38. The number of hydrogen-bond donors (Lipinski definition) is 2. The zero-order valence-corrected chi connectivity index (χ0v) is 17.7. The molecule has 30 heavy (non-hydrogen) atoms. The number of amides is 3. The number of carbonyl (C=O) groups excluding carboxylic acids is 3. The Morgan fingerprint density at radius 3 is 2.73 bits per heavy atom. The van der Waals surface area contributed by atoms with E-state index < -0.39 is 11.7 Å². The number of benzene rings is 1. The number of likely N-dealkylation sites (tertiary alicyclic amines) is 2. The highest BCUT2D eigenvalue weighted by Gasteiger charge is 2.33. The van der Waals surface area contributed by atoms with Crippen LogP contribution in [0.25, 0.3) is 0 Å². The minimum atomic E-state index is -0.649. The van der Waals surface area contributed by atoms with Gasteiger partial charge in [0.25, 0.3) is 5.91 Å². The van der Waals surface area contributed by atoms with E-state index in [-0.39, 0.29) is 29.3 Å². The standard InChI is InChI=1S/C22H31FN4O3/c1-3-26-12-15(7-8-20(26)28)22(30)27-9-5-4-6-16(13-27)25-21(29)17-10-14(2)19(24)11-18(17)23/h10-11,15-16H,3-9,12-13,24H2,1-2H3,(H,25,29). The van der Waals surface area contributed by atoms with Crippen LogP contribution in [0, 0.1) is 18.7 Å². The zero-order valence-electron chi connectivity index (χ0n) is 17.7. The van der Waals surface area contributed by atoms with Gasteiger partial charge < -0.3 is 20.9 Å². The lowest BCUT2D eigenvalue weighted by molar-refractivity contribution is -0.143. The van der Waals surface area contributed by atoms with Crippen molar-refractivity contribution in [3.8, 4) is 0 Å². The molecule has 2 atom stereocenters. The Morgan fingerprint density at radius 2 is 2.00 bits per heavy atom. The summed E-state index contributed by atoms with van der Waals surface area (Å²) in [7, 11) is 0. The van der Waals surface area contributed by atoms with Crippen molar-refractivity contribution in [1.29, 1.82) is 0 Å². The number of aryl methyl sites for hydroxylation is 1. The summed E-state index contributed by atoms with van der Waals surface area (Å²) in [6.07, 6.45) is 3.43. The second-order valence-electron chi connectivity index (χ2n) is 8.31. The lowest BCUT2D eigenvalue weighted by Crippen LogP contribution is -2.50. The van der Waals surface area contributed by atoms with E-state index in [1.54, 1.807) is 16.7 Å². The van der Waals surface area contributed by atoms with E-state index in [9.17, 15) is 18.8 Å². The summed E-state index contributed by atoms with van der Waals surface area (Å²) < 4.78 is 14.2. The molecule has 0 bridgehead atoms. The molecule has 2 fully saturated rings. The molecule has 2 heterocycles. The normalized spacial score (nSPS) is 22.6. The summed E-state index contributed by atoms with van der Waals surface area (Å²) in [6.45, 7) is 5.74. The predicted molar refractivity (Wildman–Crippen MR) is 112 cm³/mol. The number of nitrogens with one attached hydrogen (secondary N) is 1. The summed E-state index contributed by atoms with van der Waals surface area (Å²) in [4.78, 5) is 41.2. The van der Waals surface area contributed by atoms with E-state index >= 15 is 0 Å². The third kappa shape index (κ3) is 4.91. The average Bonchev–Trinajstić information content (AvgIpc) is 2.96. The van der Waals surface area contributed by atoms with E-state index in [0.29, 0.717) is 50.3 Å². The molecule has 164 valence electrons. The van der Waals surface area contributed by atoms with Crippen molar-refractivity contribution in [1.82, 2.24) is 15.1 Å². The minimum Gasteiger partial charge on any atom is -0.398 e. The van der Waals surface area contributed by atoms with Crippen LogP contribution in [0.1, 0.15) is 54.9 Å². The molecule has 1 aromatic carbocycles. The smallest absolute Gasteiger partial charge is 0.254 e. The van der Waals surface area contributed by atoms with Crippen LogP contribution in [0.2, 0.25) is 0 Å². The Labute approximate surface area is 176 Å². The number of hydrogen-bond acceptors (Lipinski definition) is 4. The van der Waals surface area contributed by atoms with Gasteiger partial charge in [-0.15, -0.1) is 0 Å². The highest BCUT2D eigenvalue weighted by molar-refractivity contribution is 5.95. The van der Waals surface area contributed by atoms with Crippen molar-refractivity contribution in [3.63, 3.8) is 0 Å². The molecule has 0 aliphatic carbocycles. The Balaban J connectivity index is 1.66. The van der Waals surface area contributed by atoms with Gasteiger partial charge >= 0.3 is 0 Å². The van der Waals surface area contributed by atoms with Gasteiger partial charge in [-0.3, -0.25) is 14.4 Å². The molecule has 3 amide bonds. The van der Waals surface area contributed by atoms with Crippen molar-refractivity contribution in [2.75, 3.05) is 31.9 Å². The van der Waals surface area contributed by atoms with Gasteiger partial charge in [0, 0.05) is 44.3 Å². The Hall–Kier alpha value is -2.64. The molecule has 2 aliphatic heterocycles. The Bertz CT molecular complexity index is 829. The van der Waals surface area contributed by atoms with Gasteiger partial charge in [-0.05, 0) is 57.2 Å².